The Bertz CT molecular complexity index is 750. The Hall–Kier alpha value is -2.13. The van der Waals surface area contributed by atoms with Crippen LogP contribution < -0.4 is 0 Å². The Labute approximate surface area is 169 Å². The van der Waals surface area contributed by atoms with E-state index in [1.165, 1.54) is 48.8 Å². The molecule has 0 radical (unpaired) electrons. The zero-order valence-corrected chi connectivity index (χ0v) is 17.3. The number of esters is 1. The van der Waals surface area contributed by atoms with Crippen LogP contribution in [-0.4, -0.2) is 30.1 Å². The Kier molecular flexibility index (Phi) is 7.67. The number of hydrogen-bond acceptors (Lipinski definition) is 3. The molecule has 28 heavy (non-hydrogen) atoms. The van der Waals surface area contributed by atoms with Crippen molar-refractivity contribution in [3.63, 3.8) is 0 Å². The molecule has 0 N–H and O–H groups in total. The number of ether oxygens (including phenoxy) is 1. The summed E-state index contributed by atoms with van der Waals surface area (Å²) in [4.78, 5) is 15.0. The molecular formula is C25H33NO2. The van der Waals surface area contributed by atoms with E-state index in [-0.39, 0.29) is 5.97 Å². The fourth-order valence-electron chi connectivity index (χ4n) is 4.31. The Morgan fingerprint density at radius 1 is 1.04 bits per heavy atom. The molecule has 0 saturated heterocycles. The maximum atomic E-state index is 12.3. The lowest BCUT2D eigenvalue weighted by atomic mass is 9.92. The van der Waals surface area contributed by atoms with Gasteiger partial charge in [-0.3, -0.25) is 4.90 Å². The van der Waals surface area contributed by atoms with Gasteiger partial charge in [-0.1, -0.05) is 62.6 Å². The van der Waals surface area contributed by atoms with Gasteiger partial charge >= 0.3 is 5.97 Å². The number of benzene rings is 2. The molecule has 0 atom stereocenters. The average molecular weight is 380 g/mol. The molecule has 0 aromatic heterocycles. The van der Waals surface area contributed by atoms with Crippen molar-refractivity contribution in [2.45, 2.75) is 65.0 Å². The highest BCUT2D eigenvalue weighted by Gasteiger charge is 2.22. The highest BCUT2D eigenvalue weighted by Crippen LogP contribution is 2.29. The first kappa shape index (κ1) is 20.6. The molecule has 1 aliphatic carbocycles. The molecular weight excluding hydrogens is 346 g/mol. The Balaban J connectivity index is 1.94. The van der Waals surface area contributed by atoms with Gasteiger partial charge in [0.25, 0.3) is 0 Å². The van der Waals surface area contributed by atoms with Crippen LogP contribution in [0.25, 0.3) is 11.1 Å². The normalized spacial score (nSPS) is 15.0. The van der Waals surface area contributed by atoms with E-state index in [9.17, 15) is 4.79 Å². The summed E-state index contributed by atoms with van der Waals surface area (Å²) in [6, 6.07) is 17.2. The van der Waals surface area contributed by atoms with Gasteiger partial charge in [0.05, 0.1) is 12.2 Å². The predicted molar refractivity (Wildman–Crippen MR) is 115 cm³/mol. The molecule has 1 aliphatic rings. The second-order valence-corrected chi connectivity index (χ2v) is 7.72. The average Bonchev–Trinajstić information content (AvgIpc) is 2.75. The summed E-state index contributed by atoms with van der Waals surface area (Å²) in [5.41, 5.74) is 4.28. The molecule has 1 fully saturated rings. The van der Waals surface area contributed by atoms with E-state index in [1.807, 2.05) is 25.1 Å². The molecule has 2 aromatic rings. The van der Waals surface area contributed by atoms with Crippen LogP contribution >= 0.6 is 0 Å². The molecule has 3 rings (SSSR count). The Morgan fingerprint density at radius 2 is 1.79 bits per heavy atom. The quantitative estimate of drug-likeness (QED) is 0.521. The van der Waals surface area contributed by atoms with Crippen LogP contribution in [0, 0.1) is 0 Å². The van der Waals surface area contributed by atoms with Gasteiger partial charge in [0.15, 0.2) is 0 Å². The summed E-state index contributed by atoms with van der Waals surface area (Å²) < 4.78 is 5.24. The number of nitrogens with zero attached hydrogens (tertiary/aromatic N) is 1. The first-order valence-electron chi connectivity index (χ1n) is 10.8. The second-order valence-electron chi connectivity index (χ2n) is 7.72. The molecule has 0 aliphatic heterocycles. The van der Waals surface area contributed by atoms with Gasteiger partial charge in [-0.25, -0.2) is 4.79 Å². The van der Waals surface area contributed by atoms with E-state index in [4.69, 9.17) is 4.74 Å². The SMILES string of the molecule is CCCN(Cc1cc(C(=O)OCC)ccc1-c1ccccc1)C1CCCCC1. The fourth-order valence-corrected chi connectivity index (χ4v) is 4.31. The topological polar surface area (TPSA) is 29.5 Å². The van der Waals surface area contributed by atoms with E-state index in [0.717, 1.165) is 19.5 Å². The molecule has 2 aromatic carbocycles. The maximum absolute atomic E-state index is 12.3. The lowest BCUT2D eigenvalue weighted by molar-refractivity contribution is 0.0526. The summed E-state index contributed by atoms with van der Waals surface area (Å²) in [5.74, 6) is -0.233. The predicted octanol–water partition coefficient (Wildman–Crippen LogP) is 6.08. The molecule has 0 bridgehead atoms. The fraction of sp³-hybridized carbons (Fsp3) is 0.480. The van der Waals surface area contributed by atoms with Crippen molar-refractivity contribution >= 4 is 5.97 Å². The van der Waals surface area contributed by atoms with Gasteiger partial charge in [-0.2, -0.15) is 0 Å². The molecule has 0 amide bonds. The largest absolute Gasteiger partial charge is 0.462 e. The van der Waals surface area contributed by atoms with E-state index < -0.39 is 0 Å². The summed E-state index contributed by atoms with van der Waals surface area (Å²) in [6.45, 7) is 6.49. The minimum Gasteiger partial charge on any atom is -0.462 e. The van der Waals surface area contributed by atoms with Gasteiger partial charge in [0.2, 0.25) is 0 Å². The summed E-state index contributed by atoms with van der Waals surface area (Å²) in [6.07, 6.45) is 7.76. The number of rotatable bonds is 8. The van der Waals surface area contributed by atoms with Crippen molar-refractivity contribution in [1.29, 1.82) is 0 Å². The van der Waals surface area contributed by atoms with Gasteiger partial charge in [-0.15, -0.1) is 0 Å². The molecule has 1 saturated carbocycles. The smallest absolute Gasteiger partial charge is 0.338 e. The number of carbonyl (C=O) groups excluding carboxylic acids is 1. The second kappa shape index (κ2) is 10.4. The highest BCUT2D eigenvalue weighted by atomic mass is 16.5. The molecule has 0 spiro atoms. The van der Waals surface area contributed by atoms with Crippen LogP contribution in [0.1, 0.15) is 68.3 Å². The molecule has 0 unspecified atom stereocenters. The van der Waals surface area contributed by atoms with Crippen LogP contribution in [0.15, 0.2) is 48.5 Å². The molecule has 0 heterocycles. The van der Waals surface area contributed by atoms with E-state index in [2.05, 4.69) is 42.2 Å². The van der Waals surface area contributed by atoms with Gasteiger partial charge in [-0.05, 0) is 61.6 Å². The van der Waals surface area contributed by atoms with Crippen LogP contribution in [0.2, 0.25) is 0 Å². The van der Waals surface area contributed by atoms with E-state index in [1.54, 1.807) is 0 Å². The lowest BCUT2D eigenvalue weighted by Gasteiger charge is -2.34. The number of carbonyl (C=O) groups is 1. The van der Waals surface area contributed by atoms with Gasteiger partial charge in [0.1, 0.15) is 0 Å². The van der Waals surface area contributed by atoms with Crippen molar-refractivity contribution in [2.75, 3.05) is 13.2 Å². The number of hydrogen-bond donors (Lipinski definition) is 0. The van der Waals surface area contributed by atoms with Crippen molar-refractivity contribution in [2.24, 2.45) is 0 Å². The van der Waals surface area contributed by atoms with Crippen molar-refractivity contribution in [1.82, 2.24) is 4.90 Å². The third-order valence-electron chi connectivity index (χ3n) is 5.68. The minimum atomic E-state index is -0.233. The standard InChI is InChI=1S/C25H33NO2/c1-3-17-26(23-13-9-6-10-14-23)19-22-18-21(25(27)28-4-2)15-16-24(22)20-11-7-5-8-12-20/h5,7-8,11-12,15-16,18,23H,3-4,6,9-10,13-14,17,19H2,1-2H3. The first-order chi connectivity index (χ1) is 13.7. The molecule has 150 valence electrons. The van der Waals surface area contributed by atoms with Gasteiger partial charge in [0, 0.05) is 12.6 Å². The van der Waals surface area contributed by atoms with Crippen molar-refractivity contribution < 1.29 is 9.53 Å². The van der Waals surface area contributed by atoms with Crippen molar-refractivity contribution in [3.05, 3.63) is 59.7 Å². The first-order valence-corrected chi connectivity index (χ1v) is 10.8. The summed E-state index contributed by atoms with van der Waals surface area (Å²) >= 11 is 0. The summed E-state index contributed by atoms with van der Waals surface area (Å²) in [5, 5.41) is 0. The zero-order valence-electron chi connectivity index (χ0n) is 17.3. The van der Waals surface area contributed by atoms with Crippen molar-refractivity contribution in [3.8, 4) is 11.1 Å². The van der Waals surface area contributed by atoms with Crippen LogP contribution in [0.5, 0.6) is 0 Å². The minimum absolute atomic E-state index is 0.233. The van der Waals surface area contributed by atoms with E-state index in [0.29, 0.717) is 18.2 Å². The molecule has 3 nitrogen and oxygen atoms in total. The van der Waals surface area contributed by atoms with E-state index >= 15 is 0 Å². The Morgan fingerprint density at radius 3 is 2.46 bits per heavy atom. The summed E-state index contributed by atoms with van der Waals surface area (Å²) in [7, 11) is 0. The third-order valence-corrected chi connectivity index (χ3v) is 5.68. The lowest BCUT2D eigenvalue weighted by Crippen LogP contribution is -2.37. The zero-order chi connectivity index (χ0) is 19.8. The van der Waals surface area contributed by atoms with Crippen LogP contribution in [0.4, 0.5) is 0 Å². The third kappa shape index (κ3) is 5.23. The van der Waals surface area contributed by atoms with Gasteiger partial charge < -0.3 is 4.74 Å². The molecule has 3 heteroatoms. The van der Waals surface area contributed by atoms with Crippen LogP contribution in [-0.2, 0) is 11.3 Å². The highest BCUT2D eigenvalue weighted by molar-refractivity contribution is 5.90. The van der Waals surface area contributed by atoms with Crippen LogP contribution in [0.3, 0.4) is 0 Å². The maximum Gasteiger partial charge on any atom is 0.338 e. The monoisotopic (exact) mass is 379 g/mol.